The number of hydrogen-bond donors (Lipinski definition) is 2. The third-order valence-corrected chi connectivity index (χ3v) is 4.55. The molecule has 0 unspecified atom stereocenters. The summed E-state index contributed by atoms with van der Waals surface area (Å²) in [5.74, 6) is -0.943. The van der Waals surface area contributed by atoms with E-state index in [0.717, 1.165) is 12.8 Å². The molecule has 6 heteroatoms. The van der Waals surface area contributed by atoms with Gasteiger partial charge in [-0.15, -0.1) is 0 Å². The number of nitrogens with one attached hydrogen (secondary N) is 2. The second-order valence-electron chi connectivity index (χ2n) is 4.17. The Morgan fingerprint density at radius 2 is 1.81 bits per heavy atom. The third-order valence-electron chi connectivity index (χ3n) is 3.14. The van der Waals surface area contributed by atoms with E-state index in [1.807, 2.05) is 11.8 Å². The SMILES string of the molecule is CSC1(CN=C2NC(=O)C(=O)N2)CCCC1. The zero-order valence-electron chi connectivity index (χ0n) is 9.21. The molecule has 0 aromatic heterocycles. The average molecular weight is 241 g/mol. The molecule has 1 aliphatic heterocycles. The predicted octanol–water partition coefficient (Wildman–Crippen LogP) is 0.264. The predicted molar refractivity (Wildman–Crippen MR) is 63.3 cm³/mol. The van der Waals surface area contributed by atoms with Gasteiger partial charge >= 0.3 is 11.8 Å². The molecule has 16 heavy (non-hydrogen) atoms. The smallest absolute Gasteiger partial charge is 0.288 e. The van der Waals surface area contributed by atoms with Crippen molar-refractivity contribution in [2.75, 3.05) is 12.8 Å². The Labute approximate surface area is 98.5 Å². The number of aliphatic imine (C=N–C) groups is 1. The van der Waals surface area contributed by atoms with Gasteiger partial charge in [0, 0.05) is 4.75 Å². The van der Waals surface area contributed by atoms with E-state index in [0.29, 0.717) is 12.5 Å². The molecule has 0 atom stereocenters. The molecule has 1 heterocycles. The summed E-state index contributed by atoms with van der Waals surface area (Å²) in [6.45, 7) is 0.657. The van der Waals surface area contributed by atoms with Gasteiger partial charge in [0.2, 0.25) is 5.96 Å². The fraction of sp³-hybridized carbons (Fsp3) is 0.700. The molecule has 0 aromatic carbocycles. The molecule has 2 amide bonds. The molecule has 0 bridgehead atoms. The molecule has 1 aliphatic carbocycles. The van der Waals surface area contributed by atoms with Crippen LogP contribution < -0.4 is 10.6 Å². The van der Waals surface area contributed by atoms with Crippen molar-refractivity contribution in [1.82, 2.24) is 10.6 Å². The lowest BCUT2D eigenvalue weighted by Crippen LogP contribution is -2.30. The van der Waals surface area contributed by atoms with Gasteiger partial charge in [0.1, 0.15) is 0 Å². The van der Waals surface area contributed by atoms with Crippen LogP contribution in [0.4, 0.5) is 0 Å². The summed E-state index contributed by atoms with van der Waals surface area (Å²) in [5.41, 5.74) is 0. The van der Waals surface area contributed by atoms with Crippen LogP contribution in [0.2, 0.25) is 0 Å². The number of nitrogens with zero attached hydrogens (tertiary/aromatic N) is 1. The molecule has 0 aromatic rings. The lowest BCUT2D eigenvalue weighted by atomic mass is 10.1. The first-order chi connectivity index (χ1) is 7.65. The van der Waals surface area contributed by atoms with E-state index in [1.54, 1.807) is 0 Å². The molecular formula is C10H15N3O2S. The van der Waals surface area contributed by atoms with Crippen LogP contribution in [0.15, 0.2) is 4.99 Å². The zero-order chi connectivity index (χ0) is 11.6. The summed E-state index contributed by atoms with van der Waals surface area (Å²) in [6, 6.07) is 0. The minimum atomic E-state index is -0.622. The van der Waals surface area contributed by atoms with Crippen LogP contribution in [-0.2, 0) is 9.59 Å². The van der Waals surface area contributed by atoms with Crippen LogP contribution in [0.25, 0.3) is 0 Å². The van der Waals surface area contributed by atoms with E-state index in [4.69, 9.17) is 0 Å². The fourth-order valence-electron chi connectivity index (χ4n) is 2.11. The lowest BCUT2D eigenvalue weighted by molar-refractivity contribution is -0.135. The standard InChI is InChI=1S/C10H15N3O2S/c1-16-10(4-2-3-5-10)6-11-9-12-7(14)8(15)13-9/h2-6H2,1H3,(H2,11,12,13,14,15). The summed E-state index contributed by atoms with van der Waals surface area (Å²) in [6.07, 6.45) is 6.89. The highest BCUT2D eigenvalue weighted by atomic mass is 32.2. The summed E-state index contributed by atoms with van der Waals surface area (Å²) in [7, 11) is 0. The van der Waals surface area contributed by atoms with Gasteiger partial charge in [0.05, 0.1) is 6.54 Å². The molecule has 2 N–H and O–H groups in total. The van der Waals surface area contributed by atoms with Crippen LogP contribution in [0.1, 0.15) is 25.7 Å². The topological polar surface area (TPSA) is 70.6 Å². The number of guanidine groups is 1. The maximum absolute atomic E-state index is 10.9. The van der Waals surface area contributed by atoms with Gasteiger partial charge in [-0.3, -0.25) is 25.2 Å². The van der Waals surface area contributed by atoms with E-state index in [1.165, 1.54) is 12.8 Å². The molecule has 1 saturated carbocycles. The number of carbonyl (C=O) groups excluding carboxylic acids is 2. The van der Waals surface area contributed by atoms with Gasteiger partial charge in [-0.05, 0) is 19.1 Å². The molecule has 0 radical (unpaired) electrons. The van der Waals surface area contributed by atoms with Crippen LogP contribution >= 0.6 is 11.8 Å². The van der Waals surface area contributed by atoms with Crippen molar-refractivity contribution in [3.05, 3.63) is 0 Å². The summed E-state index contributed by atoms with van der Waals surface area (Å²) in [4.78, 5) is 26.1. The molecule has 5 nitrogen and oxygen atoms in total. The fourth-order valence-corrected chi connectivity index (χ4v) is 3.00. The van der Waals surface area contributed by atoms with E-state index in [9.17, 15) is 9.59 Å². The second kappa shape index (κ2) is 4.45. The van der Waals surface area contributed by atoms with Gasteiger partial charge in [-0.2, -0.15) is 11.8 Å². The van der Waals surface area contributed by atoms with Gasteiger partial charge in [-0.25, -0.2) is 0 Å². The molecule has 0 spiro atoms. The Hall–Kier alpha value is -1.04. The van der Waals surface area contributed by atoms with E-state index >= 15 is 0 Å². The van der Waals surface area contributed by atoms with Gasteiger partial charge in [0.25, 0.3) is 0 Å². The quantitative estimate of drug-likeness (QED) is 0.696. The van der Waals surface area contributed by atoms with Crippen LogP contribution in [0.5, 0.6) is 0 Å². The highest BCUT2D eigenvalue weighted by molar-refractivity contribution is 8.00. The second-order valence-corrected chi connectivity index (χ2v) is 5.44. The third kappa shape index (κ3) is 2.21. The van der Waals surface area contributed by atoms with Crippen molar-refractivity contribution in [1.29, 1.82) is 0 Å². The number of rotatable bonds is 3. The Morgan fingerprint density at radius 3 is 2.31 bits per heavy atom. The average Bonchev–Trinajstić information content (AvgIpc) is 2.85. The largest absolute Gasteiger partial charge is 0.316 e. The molecule has 2 rings (SSSR count). The van der Waals surface area contributed by atoms with Crippen molar-refractivity contribution in [2.45, 2.75) is 30.4 Å². The number of carbonyl (C=O) groups is 2. The number of amides is 2. The summed E-state index contributed by atoms with van der Waals surface area (Å²) < 4.78 is 0.199. The van der Waals surface area contributed by atoms with E-state index < -0.39 is 11.8 Å². The van der Waals surface area contributed by atoms with E-state index in [2.05, 4.69) is 21.9 Å². The molecule has 2 aliphatic rings. The minimum Gasteiger partial charge on any atom is -0.288 e. The highest BCUT2D eigenvalue weighted by Gasteiger charge is 2.33. The molecule has 2 fully saturated rings. The van der Waals surface area contributed by atoms with Gasteiger partial charge in [0.15, 0.2) is 0 Å². The first kappa shape index (κ1) is 11.4. The normalized spacial score (nSPS) is 23.2. The van der Waals surface area contributed by atoms with E-state index in [-0.39, 0.29) is 4.75 Å². The van der Waals surface area contributed by atoms with Crippen LogP contribution in [0, 0.1) is 0 Å². The number of thioether (sulfide) groups is 1. The van der Waals surface area contributed by atoms with Gasteiger partial charge in [-0.1, -0.05) is 12.8 Å². The first-order valence-electron chi connectivity index (χ1n) is 5.37. The van der Waals surface area contributed by atoms with Crippen molar-refractivity contribution >= 4 is 29.5 Å². The van der Waals surface area contributed by atoms with Crippen molar-refractivity contribution in [2.24, 2.45) is 4.99 Å². The highest BCUT2D eigenvalue weighted by Crippen LogP contribution is 2.40. The van der Waals surface area contributed by atoms with Crippen molar-refractivity contribution in [3.63, 3.8) is 0 Å². The van der Waals surface area contributed by atoms with Gasteiger partial charge < -0.3 is 0 Å². The minimum absolute atomic E-state index is 0.199. The maximum atomic E-state index is 10.9. The monoisotopic (exact) mass is 241 g/mol. The Morgan fingerprint density at radius 1 is 1.25 bits per heavy atom. The Kier molecular flexibility index (Phi) is 3.18. The number of hydrogen-bond acceptors (Lipinski definition) is 4. The summed E-state index contributed by atoms with van der Waals surface area (Å²) >= 11 is 1.83. The van der Waals surface area contributed by atoms with Crippen molar-refractivity contribution in [3.8, 4) is 0 Å². The Balaban J connectivity index is 1.98. The maximum Gasteiger partial charge on any atom is 0.316 e. The molecular weight excluding hydrogens is 226 g/mol. The van der Waals surface area contributed by atoms with Crippen LogP contribution in [-0.4, -0.2) is 35.3 Å². The summed E-state index contributed by atoms with van der Waals surface area (Å²) in [5, 5.41) is 4.82. The van der Waals surface area contributed by atoms with Crippen LogP contribution in [0.3, 0.4) is 0 Å². The zero-order valence-corrected chi connectivity index (χ0v) is 10.0. The lowest BCUT2D eigenvalue weighted by Gasteiger charge is -2.24. The molecule has 1 saturated heterocycles. The molecule has 88 valence electrons. The first-order valence-corrected chi connectivity index (χ1v) is 6.60. The Bertz CT molecular complexity index is 330. The van der Waals surface area contributed by atoms with Crippen molar-refractivity contribution < 1.29 is 9.59 Å².